The van der Waals surface area contributed by atoms with Crippen molar-refractivity contribution in [3.8, 4) is 95.4 Å². The van der Waals surface area contributed by atoms with Gasteiger partial charge in [-0.05, 0) is 49.9 Å². The molecule has 312 valence electrons. The van der Waals surface area contributed by atoms with Gasteiger partial charge in [0, 0.05) is 92.4 Å². The molecule has 8 nitrogen and oxygen atoms in total. The Morgan fingerprint density at radius 3 is 0.667 bits per heavy atom. The molecule has 60 heavy (non-hydrogen) atoms. The molecule has 0 N–H and O–H groups in total. The highest BCUT2D eigenvalue weighted by Crippen LogP contribution is 2.52. The number of hydrogen-bond donors (Lipinski definition) is 0. The Bertz CT molecular complexity index is 1990. The maximum absolute atomic E-state index is 6.35. The molecule has 0 heterocycles. The van der Waals surface area contributed by atoms with E-state index in [9.17, 15) is 0 Å². The number of ether oxygens (including phenoxy) is 8. The van der Waals surface area contributed by atoms with Crippen molar-refractivity contribution in [2.24, 2.45) is 0 Å². The van der Waals surface area contributed by atoms with Gasteiger partial charge in [-0.15, -0.1) is 25.7 Å². The molecule has 8 heteroatoms. The van der Waals surface area contributed by atoms with Crippen LogP contribution in [-0.4, -0.2) is 54.9 Å². The number of benzene rings is 4. The van der Waals surface area contributed by atoms with Gasteiger partial charge in [-0.25, -0.2) is 0 Å². The minimum absolute atomic E-state index is 0.0653. The Hall–Kier alpha value is -6.48. The highest BCUT2D eigenvalue weighted by Gasteiger charge is 2.33. The molecule has 0 fully saturated rings. The van der Waals surface area contributed by atoms with E-state index in [1.54, 1.807) is 28.4 Å². The predicted molar refractivity (Wildman–Crippen MR) is 238 cm³/mol. The van der Waals surface area contributed by atoms with Crippen molar-refractivity contribution in [2.45, 2.75) is 77.0 Å². The molecule has 4 aromatic rings. The molecule has 0 saturated carbocycles. The second-order valence-electron chi connectivity index (χ2n) is 14.3. The number of rotatable bonds is 16. The Morgan fingerprint density at radius 1 is 0.333 bits per heavy atom. The number of terminal acetylenes is 4. The zero-order valence-corrected chi connectivity index (χ0v) is 36.2. The van der Waals surface area contributed by atoms with Gasteiger partial charge in [-0.2, -0.15) is 0 Å². The van der Waals surface area contributed by atoms with E-state index in [2.05, 4.69) is 75.6 Å². The van der Waals surface area contributed by atoms with Crippen LogP contribution < -0.4 is 37.9 Å². The highest BCUT2D eigenvalue weighted by molar-refractivity contribution is 5.63. The molecular weight excluding hydrogens is 753 g/mol. The lowest BCUT2D eigenvalue weighted by Crippen LogP contribution is -2.15. The molecule has 0 radical (unpaired) electrons. The Labute approximate surface area is 357 Å². The van der Waals surface area contributed by atoms with Crippen molar-refractivity contribution in [2.75, 3.05) is 54.9 Å². The molecule has 8 bridgehead atoms. The van der Waals surface area contributed by atoms with Gasteiger partial charge < -0.3 is 37.9 Å². The average Bonchev–Trinajstić information content (AvgIpc) is 3.27. The van der Waals surface area contributed by atoms with Crippen molar-refractivity contribution < 1.29 is 37.9 Å². The molecule has 0 amide bonds. The summed E-state index contributed by atoms with van der Waals surface area (Å²) in [6.07, 6.45) is 25.8. The topological polar surface area (TPSA) is 73.8 Å². The zero-order chi connectivity index (χ0) is 43.3. The summed E-state index contributed by atoms with van der Waals surface area (Å²) in [5.41, 5.74) is 7.44. The molecule has 4 aromatic carbocycles. The van der Waals surface area contributed by atoms with E-state index >= 15 is 0 Å². The normalized spacial score (nSPS) is 16.5. The van der Waals surface area contributed by atoms with E-state index in [1.165, 1.54) is 0 Å². The average molecular weight is 809 g/mol. The number of methoxy groups -OCH3 is 4. The first-order valence-corrected chi connectivity index (χ1v) is 20.4. The summed E-state index contributed by atoms with van der Waals surface area (Å²) in [4.78, 5) is 0. The summed E-state index contributed by atoms with van der Waals surface area (Å²) in [5, 5.41) is 0. The second kappa shape index (κ2) is 21.0. The fourth-order valence-corrected chi connectivity index (χ4v) is 8.67. The Morgan fingerprint density at radius 2 is 0.517 bits per heavy atom. The fraction of sp³-hybridized carbons (Fsp3) is 0.385. The Kier molecular flexibility index (Phi) is 15.6. The van der Waals surface area contributed by atoms with Crippen LogP contribution in [0.5, 0.6) is 46.0 Å². The van der Waals surface area contributed by atoms with Gasteiger partial charge >= 0.3 is 0 Å². The van der Waals surface area contributed by atoms with Gasteiger partial charge in [0.1, 0.15) is 72.4 Å². The lowest BCUT2D eigenvalue weighted by molar-refractivity contribution is 0.348. The summed E-state index contributed by atoms with van der Waals surface area (Å²) in [5.74, 6) is 14.6. The van der Waals surface area contributed by atoms with E-state index in [-0.39, 0.29) is 50.1 Å². The van der Waals surface area contributed by atoms with Crippen molar-refractivity contribution in [1.29, 1.82) is 0 Å². The third-order valence-electron chi connectivity index (χ3n) is 11.3. The van der Waals surface area contributed by atoms with Crippen LogP contribution in [0.4, 0.5) is 0 Å². The lowest BCUT2D eigenvalue weighted by Gasteiger charge is -2.31. The number of fused-ring (bicyclic) bond motifs is 8. The van der Waals surface area contributed by atoms with Crippen molar-refractivity contribution in [1.82, 2.24) is 0 Å². The summed E-state index contributed by atoms with van der Waals surface area (Å²) < 4.78 is 50.1. The largest absolute Gasteiger partial charge is 0.496 e. The first-order valence-electron chi connectivity index (χ1n) is 20.4. The minimum Gasteiger partial charge on any atom is -0.496 e. The van der Waals surface area contributed by atoms with Gasteiger partial charge in [0.2, 0.25) is 0 Å². The molecule has 1 aliphatic rings. The summed E-state index contributed by atoms with van der Waals surface area (Å²) in [7, 11) is 6.65. The molecular formula is C52H56O8. The third kappa shape index (κ3) is 8.90. The van der Waals surface area contributed by atoms with Gasteiger partial charge in [-0.3, -0.25) is 0 Å². The molecule has 0 aromatic heterocycles. The van der Waals surface area contributed by atoms with E-state index in [0.717, 1.165) is 44.5 Å². The summed E-state index contributed by atoms with van der Waals surface area (Å²) in [6, 6.07) is 16.5. The molecule has 4 unspecified atom stereocenters. The van der Waals surface area contributed by atoms with E-state index in [1.807, 2.05) is 24.3 Å². The van der Waals surface area contributed by atoms with E-state index in [4.69, 9.17) is 63.6 Å². The van der Waals surface area contributed by atoms with Crippen molar-refractivity contribution in [3.63, 3.8) is 0 Å². The highest BCUT2D eigenvalue weighted by atomic mass is 16.5. The molecule has 0 aliphatic heterocycles. The lowest BCUT2D eigenvalue weighted by atomic mass is 9.77. The maximum Gasteiger partial charge on any atom is 0.148 e. The molecule has 0 saturated heterocycles. The van der Waals surface area contributed by atoms with Crippen LogP contribution in [0, 0.1) is 49.4 Å². The molecule has 1 aliphatic carbocycles. The van der Waals surface area contributed by atoms with Crippen molar-refractivity contribution >= 4 is 0 Å². The van der Waals surface area contributed by atoms with Gasteiger partial charge in [0.05, 0.1) is 28.4 Å². The van der Waals surface area contributed by atoms with Crippen LogP contribution in [0.15, 0.2) is 48.5 Å². The minimum atomic E-state index is -0.231. The monoisotopic (exact) mass is 808 g/mol. The van der Waals surface area contributed by atoms with Crippen LogP contribution in [-0.2, 0) is 0 Å². The van der Waals surface area contributed by atoms with Crippen LogP contribution in [0.2, 0.25) is 0 Å². The van der Waals surface area contributed by atoms with Crippen LogP contribution in [0.1, 0.15) is 122 Å². The van der Waals surface area contributed by atoms with Gasteiger partial charge in [0.25, 0.3) is 0 Å². The third-order valence-corrected chi connectivity index (χ3v) is 11.3. The predicted octanol–water partition coefficient (Wildman–Crippen LogP) is 10.2. The van der Waals surface area contributed by atoms with Gasteiger partial charge in [-0.1, -0.05) is 51.4 Å². The van der Waals surface area contributed by atoms with E-state index < -0.39 is 0 Å². The van der Waals surface area contributed by atoms with Crippen molar-refractivity contribution in [3.05, 3.63) is 93.0 Å². The molecule has 4 atom stereocenters. The van der Waals surface area contributed by atoms with Crippen LogP contribution in [0.3, 0.4) is 0 Å². The summed E-state index contributed by atoms with van der Waals surface area (Å²) >= 11 is 0. The van der Waals surface area contributed by atoms with Crippen LogP contribution in [0.25, 0.3) is 0 Å². The number of hydrogen-bond acceptors (Lipinski definition) is 8. The smallest absolute Gasteiger partial charge is 0.148 e. The fourth-order valence-electron chi connectivity index (χ4n) is 8.67. The quantitative estimate of drug-likeness (QED) is 0.104. The SMILES string of the molecule is C#CCOc1cc(OC)c2cc1C(CC)c1cc(c(OCC#C)cc1OC)C(CC)c1cc(c(OCC#C)cc1OC)C(CC)c1cc(c(OCC#C)cc1OC)C2CC. The maximum atomic E-state index is 6.35. The van der Waals surface area contributed by atoms with E-state index in [0.29, 0.717) is 71.7 Å². The summed E-state index contributed by atoms with van der Waals surface area (Å²) in [6.45, 7) is 8.84. The first-order chi connectivity index (χ1) is 29.2. The van der Waals surface area contributed by atoms with Gasteiger partial charge in [0.15, 0.2) is 0 Å². The molecule has 5 rings (SSSR count). The first kappa shape index (κ1) is 44.6. The standard InChI is InChI=1S/C52H56O8/c1-13-21-57-49-29-45(53-9)37-25-41(49)33(17-5)38-26-42(50(58-22-14-2)30-46(38)54-10)35(19-7)40-28-44(52(60-24-16-4)32-48(40)56-12)36(20-8)39-27-43(34(37)18-6)51(59-23-15-3)31-47(39)55-11/h1-4,25-36H,17-24H2,5-12H3. The second-order valence-corrected chi connectivity index (χ2v) is 14.3. The molecule has 0 spiro atoms. The zero-order valence-electron chi connectivity index (χ0n) is 36.2. The van der Waals surface area contributed by atoms with Crippen LogP contribution >= 0.6 is 0 Å². The Balaban J connectivity index is 2.06.